The number of hydrogen-bond acceptors (Lipinski definition) is 2. The number of rotatable bonds is 4. The van der Waals surface area contributed by atoms with Crippen LogP contribution in [0.1, 0.15) is 53.4 Å². The van der Waals surface area contributed by atoms with Gasteiger partial charge in [0.05, 0.1) is 5.54 Å². The second kappa shape index (κ2) is 6.70. The summed E-state index contributed by atoms with van der Waals surface area (Å²) in [5.74, 6) is 1.25. The summed E-state index contributed by atoms with van der Waals surface area (Å²) in [4.78, 5) is 14.3. The van der Waals surface area contributed by atoms with Crippen LogP contribution in [0.25, 0.3) is 0 Å². The van der Waals surface area contributed by atoms with E-state index in [2.05, 4.69) is 50.9 Å². The van der Waals surface area contributed by atoms with E-state index in [4.69, 9.17) is 0 Å². The SMILES string of the molecule is C/C(=C\C=C\C(C)C)C1CCC(C)(N=C=O)CC1. The van der Waals surface area contributed by atoms with Crippen LogP contribution >= 0.6 is 0 Å². The normalized spacial score (nSPS) is 29.6. The number of allylic oxidation sites excluding steroid dienone is 4. The van der Waals surface area contributed by atoms with Crippen LogP contribution in [0.4, 0.5) is 0 Å². The zero-order valence-electron chi connectivity index (χ0n) is 12.1. The Morgan fingerprint density at radius 2 is 2.00 bits per heavy atom. The number of isocyanates is 1. The fourth-order valence-corrected chi connectivity index (χ4v) is 2.48. The Kier molecular flexibility index (Phi) is 5.55. The molecule has 0 aromatic carbocycles. The molecular formula is C16H25NO. The van der Waals surface area contributed by atoms with Crippen molar-refractivity contribution in [1.29, 1.82) is 0 Å². The molecule has 0 N–H and O–H groups in total. The van der Waals surface area contributed by atoms with E-state index in [1.807, 2.05) is 0 Å². The van der Waals surface area contributed by atoms with Gasteiger partial charge in [-0.25, -0.2) is 4.79 Å². The molecule has 0 bridgehead atoms. The van der Waals surface area contributed by atoms with E-state index in [9.17, 15) is 4.79 Å². The quantitative estimate of drug-likeness (QED) is 0.410. The van der Waals surface area contributed by atoms with Gasteiger partial charge in [0, 0.05) is 0 Å². The monoisotopic (exact) mass is 247 g/mol. The second-order valence-corrected chi connectivity index (χ2v) is 6.01. The summed E-state index contributed by atoms with van der Waals surface area (Å²) in [6, 6.07) is 0. The lowest BCUT2D eigenvalue weighted by Gasteiger charge is -2.33. The van der Waals surface area contributed by atoms with Crippen LogP contribution in [0.3, 0.4) is 0 Å². The smallest absolute Gasteiger partial charge is 0.211 e. The molecule has 0 aromatic heterocycles. The van der Waals surface area contributed by atoms with Gasteiger partial charge in [-0.05, 0) is 51.4 Å². The molecule has 1 fully saturated rings. The van der Waals surface area contributed by atoms with Crippen molar-refractivity contribution < 1.29 is 4.79 Å². The van der Waals surface area contributed by atoms with E-state index in [0.717, 1.165) is 25.7 Å². The Hall–Kier alpha value is -1.14. The van der Waals surface area contributed by atoms with Gasteiger partial charge in [-0.2, -0.15) is 4.99 Å². The Morgan fingerprint density at radius 3 is 2.50 bits per heavy atom. The fraction of sp³-hybridized carbons (Fsp3) is 0.688. The van der Waals surface area contributed by atoms with Crippen LogP contribution in [0, 0.1) is 11.8 Å². The van der Waals surface area contributed by atoms with E-state index in [-0.39, 0.29) is 5.54 Å². The van der Waals surface area contributed by atoms with E-state index in [1.165, 1.54) is 5.57 Å². The highest BCUT2D eigenvalue weighted by Gasteiger charge is 2.31. The van der Waals surface area contributed by atoms with Crippen molar-refractivity contribution in [3.05, 3.63) is 23.8 Å². The Bertz CT molecular complexity index is 365. The molecule has 0 saturated heterocycles. The molecule has 0 spiro atoms. The van der Waals surface area contributed by atoms with Crippen LogP contribution < -0.4 is 0 Å². The van der Waals surface area contributed by atoms with Gasteiger partial charge < -0.3 is 0 Å². The maximum atomic E-state index is 10.4. The molecule has 0 aliphatic heterocycles. The van der Waals surface area contributed by atoms with Gasteiger partial charge >= 0.3 is 0 Å². The highest BCUT2D eigenvalue weighted by atomic mass is 16.1. The topological polar surface area (TPSA) is 29.4 Å². The lowest BCUT2D eigenvalue weighted by atomic mass is 9.75. The molecule has 0 aromatic rings. The molecule has 0 amide bonds. The summed E-state index contributed by atoms with van der Waals surface area (Å²) >= 11 is 0. The minimum atomic E-state index is -0.160. The maximum absolute atomic E-state index is 10.4. The lowest BCUT2D eigenvalue weighted by Crippen LogP contribution is -2.29. The zero-order valence-corrected chi connectivity index (χ0v) is 12.1. The first-order valence-corrected chi connectivity index (χ1v) is 6.91. The number of hydrogen-bond donors (Lipinski definition) is 0. The molecule has 0 atom stereocenters. The number of aliphatic imine (C=N–C) groups is 1. The first-order valence-electron chi connectivity index (χ1n) is 6.91. The van der Waals surface area contributed by atoms with E-state index in [0.29, 0.717) is 11.8 Å². The predicted octanol–water partition coefficient (Wildman–Crippen LogP) is 4.43. The van der Waals surface area contributed by atoms with Crippen molar-refractivity contribution in [1.82, 2.24) is 0 Å². The van der Waals surface area contributed by atoms with Crippen molar-refractivity contribution in [3.8, 4) is 0 Å². The molecule has 2 heteroatoms. The third kappa shape index (κ3) is 4.62. The average molecular weight is 247 g/mol. The molecule has 1 rings (SSSR count). The molecule has 0 unspecified atom stereocenters. The van der Waals surface area contributed by atoms with Gasteiger partial charge in [-0.1, -0.05) is 37.6 Å². The van der Waals surface area contributed by atoms with Crippen LogP contribution in [0.5, 0.6) is 0 Å². The van der Waals surface area contributed by atoms with Crippen LogP contribution in [-0.2, 0) is 4.79 Å². The van der Waals surface area contributed by atoms with Gasteiger partial charge in [0.15, 0.2) is 0 Å². The third-order valence-corrected chi connectivity index (χ3v) is 3.88. The van der Waals surface area contributed by atoms with Crippen LogP contribution in [-0.4, -0.2) is 11.6 Å². The second-order valence-electron chi connectivity index (χ2n) is 6.01. The Labute approximate surface area is 111 Å². The van der Waals surface area contributed by atoms with Gasteiger partial charge in [0.1, 0.15) is 0 Å². The van der Waals surface area contributed by atoms with Crippen molar-refractivity contribution in [2.45, 2.75) is 58.9 Å². The summed E-state index contributed by atoms with van der Waals surface area (Å²) in [6.45, 7) is 8.64. The lowest BCUT2D eigenvalue weighted by molar-refractivity contribution is 0.275. The average Bonchev–Trinajstić information content (AvgIpc) is 2.29. The molecular weight excluding hydrogens is 222 g/mol. The highest BCUT2D eigenvalue weighted by Crippen LogP contribution is 2.37. The predicted molar refractivity (Wildman–Crippen MR) is 76.2 cm³/mol. The minimum Gasteiger partial charge on any atom is -0.211 e. The Morgan fingerprint density at radius 1 is 1.39 bits per heavy atom. The molecule has 0 heterocycles. The van der Waals surface area contributed by atoms with Crippen molar-refractivity contribution >= 4 is 6.08 Å². The van der Waals surface area contributed by atoms with Crippen molar-refractivity contribution in [2.75, 3.05) is 0 Å². The standard InChI is InChI=1S/C16H25NO/c1-13(2)6-5-7-14(3)15-8-10-16(4,11-9-15)17-12-18/h5-7,13,15H,8-11H2,1-4H3/b6-5+,14-7+. The van der Waals surface area contributed by atoms with E-state index in [1.54, 1.807) is 6.08 Å². The van der Waals surface area contributed by atoms with Crippen LogP contribution in [0.2, 0.25) is 0 Å². The molecule has 100 valence electrons. The zero-order chi connectivity index (χ0) is 13.6. The summed E-state index contributed by atoms with van der Waals surface area (Å²) in [5.41, 5.74) is 1.29. The minimum absolute atomic E-state index is 0.160. The summed E-state index contributed by atoms with van der Waals surface area (Å²) in [6.07, 6.45) is 12.6. The van der Waals surface area contributed by atoms with E-state index < -0.39 is 0 Å². The van der Waals surface area contributed by atoms with Gasteiger partial charge in [-0.15, -0.1) is 0 Å². The maximum Gasteiger partial charge on any atom is 0.235 e. The number of carbonyl (C=O) groups excluding carboxylic acids is 1. The third-order valence-electron chi connectivity index (χ3n) is 3.88. The molecule has 1 aliphatic carbocycles. The first kappa shape index (κ1) is 14.9. The van der Waals surface area contributed by atoms with Gasteiger partial charge in [0.25, 0.3) is 0 Å². The summed E-state index contributed by atoms with van der Waals surface area (Å²) < 4.78 is 0. The van der Waals surface area contributed by atoms with Crippen molar-refractivity contribution in [3.63, 3.8) is 0 Å². The Balaban J connectivity index is 2.55. The molecule has 18 heavy (non-hydrogen) atoms. The molecule has 0 radical (unpaired) electrons. The highest BCUT2D eigenvalue weighted by molar-refractivity contribution is 5.34. The summed E-state index contributed by atoms with van der Waals surface area (Å²) in [7, 11) is 0. The van der Waals surface area contributed by atoms with Gasteiger partial charge in [0.2, 0.25) is 6.08 Å². The molecule has 1 aliphatic rings. The van der Waals surface area contributed by atoms with E-state index >= 15 is 0 Å². The molecule has 1 saturated carbocycles. The first-order chi connectivity index (χ1) is 8.47. The van der Waals surface area contributed by atoms with Crippen molar-refractivity contribution in [2.24, 2.45) is 16.8 Å². The largest absolute Gasteiger partial charge is 0.235 e. The number of nitrogens with zero attached hydrogens (tertiary/aromatic N) is 1. The summed E-state index contributed by atoms with van der Waals surface area (Å²) in [5, 5.41) is 0. The van der Waals surface area contributed by atoms with Crippen LogP contribution in [0.15, 0.2) is 28.8 Å². The molecule has 2 nitrogen and oxygen atoms in total. The fourth-order valence-electron chi connectivity index (χ4n) is 2.48. The van der Waals surface area contributed by atoms with Gasteiger partial charge in [-0.3, -0.25) is 0 Å².